The molecule has 1 saturated carbocycles. The van der Waals surface area contributed by atoms with E-state index in [1.807, 2.05) is 11.1 Å². The molecule has 0 spiro atoms. The SMILES string of the molecule is CCN(C(=O)C1CC1)c1cc(-c2ccc(N3CCNC(C)CC3)nc2)cc(C)c1C. The predicted molar refractivity (Wildman–Crippen MR) is 124 cm³/mol. The molecule has 1 unspecified atom stereocenters. The Balaban J connectivity index is 1.60. The lowest BCUT2D eigenvalue weighted by Crippen LogP contribution is -2.32. The van der Waals surface area contributed by atoms with E-state index < -0.39 is 0 Å². The molecule has 5 heteroatoms. The molecule has 30 heavy (non-hydrogen) atoms. The van der Waals surface area contributed by atoms with E-state index >= 15 is 0 Å². The van der Waals surface area contributed by atoms with Gasteiger partial charge in [0.1, 0.15) is 5.82 Å². The van der Waals surface area contributed by atoms with Crippen LogP contribution in [0.3, 0.4) is 0 Å². The Morgan fingerprint density at radius 1 is 1.17 bits per heavy atom. The van der Waals surface area contributed by atoms with Crippen LogP contribution in [-0.4, -0.2) is 43.1 Å². The summed E-state index contributed by atoms with van der Waals surface area (Å²) in [7, 11) is 0. The fourth-order valence-corrected chi connectivity index (χ4v) is 4.27. The summed E-state index contributed by atoms with van der Waals surface area (Å²) in [5.41, 5.74) is 5.66. The molecule has 1 N–H and O–H groups in total. The zero-order valence-corrected chi connectivity index (χ0v) is 18.7. The van der Waals surface area contributed by atoms with Gasteiger partial charge in [0.2, 0.25) is 5.91 Å². The summed E-state index contributed by atoms with van der Waals surface area (Å²) in [5.74, 6) is 1.53. The molecule has 0 radical (unpaired) electrons. The van der Waals surface area contributed by atoms with Crippen LogP contribution in [0.25, 0.3) is 11.1 Å². The van der Waals surface area contributed by atoms with Crippen molar-refractivity contribution >= 4 is 17.4 Å². The van der Waals surface area contributed by atoms with Crippen LogP contribution in [0.2, 0.25) is 0 Å². The highest BCUT2D eigenvalue weighted by molar-refractivity contribution is 5.98. The topological polar surface area (TPSA) is 48.5 Å². The number of pyridine rings is 1. The zero-order valence-electron chi connectivity index (χ0n) is 18.7. The third-order valence-electron chi connectivity index (χ3n) is 6.55. The van der Waals surface area contributed by atoms with E-state index in [4.69, 9.17) is 4.98 Å². The van der Waals surface area contributed by atoms with Crippen molar-refractivity contribution in [3.63, 3.8) is 0 Å². The molecule has 1 aromatic carbocycles. The van der Waals surface area contributed by atoms with Gasteiger partial charge >= 0.3 is 0 Å². The summed E-state index contributed by atoms with van der Waals surface area (Å²) in [6.45, 7) is 12.3. The van der Waals surface area contributed by atoms with Crippen molar-refractivity contribution in [1.29, 1.82) is 0 Å². The number of benzene rings is 1. The molecule has 1 aliphatic carbocycles. The third kappa shape index (κ3) is 4.36. The molecule has 2 heterocycles. The molecule has 1 atom stereocenters. The Morgan fingerprint density at radius 2 is 1.97 bits per heavy atom. The molecule has 2 aliphatic rings. The van der Waals surface area contributed by atoms with Gasteiger partial charge in [-0.3, -0.25) is 4.79 Å². The number of nitrogens with one attached hydrogen (secondary N) is 1. The van der Waals surface area contributed by atoms with Crippen molar-refractivity contribution in [2.24, 2.45) is 5.92 Å². The first kappa shape index (κ1) is 20.9. The van der Waals surface area contributed by atoms with Gasteiger partial charge in [-0.05, 0) is 81.8 Å². The van der Waals surface area contributed by atoms with E-state index in [1.54, 1.807) is 0 Å². The number of hydrogen-bond acceptors (Lipinski definition) is 4. The molecule has 2 fully saturated rings. The van der Waals surface area contributed by atoms with Crippen molar-refractivity contribution in [2.75, 3.05) is 36.0 Å². The first-order chi connectivity index (χ1) is 14.5. The highest BCUT2D eigenvalue weighted by Crippen LogP contribution is 2.36. The van der Waals surface area contributed by atoms with E-state index in [-0.39, 0.29) is 11.8 Å². The summed E-state index contributed by atoms with van der Waals surface area (Å²) in [6, 6.07) is 9.23. The number of amides is 1. The first-order valence-electron chi connectivity index (χ1n) is 11.3. The van der Waals surface area contributed by atoms with Crippen LogP contribution in [0.1, 0.15) is 44.2 Å². The maximum absolute atomic E-state index is 12.8. The van der Waals surface area contributed by atoms with Crippen LogP contribution in [-0.2, 0) is 4.79 Å². The fourth-order valence-electron chi connectivity index (χ4n) is 4.27. The van der Waals surface area contributed by atoms with Gasteiger partial charge in [-0.1, -0.05) is 6.07 Å². The molecule has 0 bridgehead atoms. The van der Waals surface area contributed by atoms with E-state index in [0.717, 1.165) is 61.5 Å². The Hall–Kier alpha value is -2.40. The minimum atomic E-state index is 0.222. The Kier molecular flexibility index (Phi) is 6.09. The van der Waals surface area contributed by atoms with Crippen LogP contribution in [0.5, 0.6) is 0 Å². The Bertz CT molecular complexity index is 904. The lowest BCUT2D eigenvalue weighted by Gasteiger charge is -2.25. The second kappa shape index (κ2) is 8.76. The van der Waals surface area contributed by atoms with Crippen LogP contribution < -0.4 is 15.1 Å². The highest BCUT2D eigenvalue weighted by Gasteiger charge is 2.34. The van der Waals surface area contributed by atoms with E-state index in [9.17, 15) is 4.79 Å². The van der Waals surface area contributed by atoms with Crippen molar-refractivity contribution in [3.05, 3.63) is 41.6 Å². The monoisotopic (exact) mass is 406 g/mol. The summed E-state index contributed by atoms with van der Waals surface area (Å²) in [4.78, 5) is 21.9. The number of aryl methyl sites for hydroxylation is 1. The van der Waals surface area contributed by atoms with Crippen molar-refractivity contribution in [3.8, 4) is 11.1 Å². The van der Waals surface area contributed by atoms with Gasteiger partial charge < -0.3 is 15.1 Å². The summed E-state index contributed by atoms with van der Waals surface area (Å²) >= 11 is 0. The minimum absolute atomic E-state index is 0.222. The second-order valence-electron chi connectivity index (χ2n) is 8.83. The number of anilines is 2. The van der Waals surface area contributed by atoms with Crippen molar-refractivity contribution in [2.45, 2.75) is 53.0 Å². The fraction of sp³-hybridized carbons (Fsp3) is 0.520. The number of nitrogens with zero attached hydrogens (tertiary/aromatic N) is 3. The van der Waals surface area contributed by atoms with Crippen molar-refractivity contribution in [1.82, 2.24) is 10.3 Å². The summed E-state index contributed by atoms with van der Waals surface area (Å²) < 4.78 is 0. The van der Waals surface area contributed by atoms with Gasteiger partial charge in [-0.25, -0.2) is 4.98 Å². The van der Waals surface area contributed by atoms with Gasteiger partial charge in [0.05, 0.1) is 0 Å². The maximum atomic E-state index is 12.8. The van der Waals surface area contributed by atoms with E-state index in [0.29, 0.717) is 12.6 Å². The number of carbonyl (C=O) groups excluding carboxylic acids is 1. The van der Waals surface area contributed by atoms with Gasteiger partial charge in [0.15, 0.2) is 0 Å². The molecule has 1 aromatic heterocycles. The molecule has 2 aromatic rings. The standard InChI is InChI=1S/C25H34N4O/c1-5-29(25(30)20-6-7-20)23-15-22(14-17(2)19(23)4)21-8-9-24(27-16-21)28-12-10-18(3)26-11-13-28/h8-9,14-16,18,20,26H,5-7,10-13H2,1-4H3. The van der Waals surface area contributed by atoms with Gasteiger partial charge in [0, 0.05) is 55.6 Å². The smallest absolute Gasteiger partial charge is 0.230 e. The molecule has 160 valence electrons. The molecular weight excluding hydrogens is 372 g/mol. The van der Waals surface area contributed by atoms with Crippen LogP contribution >= 0.6 is 0 Å². The van der Waals surface area contributed by atoms with E-state index in [1.165, 1.54) is 11.1 Å². The van der Waals surface area contributed by atoms with Gasteiger partial charge in [-0.2, -0.15) is 0 Å². The third-order valence-corrected chi connectivity index (χ3v) is 6.55. The summed E-state index contributed by atoms with van der Waals surface area (Å²) in [6.07, 6.45) is 5.17. The molecule has 4 rings (SSSR count). The quantitative estimate of drug-likeness (QED) is 0.804. The molecule has 1 aliphatic heterocycles. The van der Waals surface area contributed by atoms with Gasteiger partial charge in [0.25, 0.3) is 0 Å². The molecule has 1 saturated heterocycles. The highest BCUT2D eigenvalue weighted by atomic mass is 16.2. The minimum Gasteiger partial charge on any atom is -0.355 e. The Labute approximate surface area is 180 Å². The van der Waals surface area contributed by atoms with Crippen molar-refractivity contribution < 1.29 is 4.79 Å². The Morgan fingerprint density at radius 3 is 2.63 bits per heavy atom. The maximum Gasteiger partial charge on any atom is 0.230 e. The van der Waals surface area contributed by atoms with Crippen LogP contribution in [0.15, 0.2) is 30.5 Å². The number of rotatable bonds is 5. The summed E-state index contributed by atoms with van der Waals surface area (Å²) in [5, 5.41) is 3.53. The lowest BCUT2D eigenvalue weighted by molar-refractivity contribution is -0.119. The largest absolute Gasteiger partial charge is 0.355 e. The normalized spacial score (nSPS) is 19.5. The number of aromatic nitrogens is 1. The molecular formula is C25H34N4O. The average molecular weight is 407 g/mol. The average Bonchev–Trinajstić information content (AvgIpc) is 3.60. The number of hydrogen-bond donors (Lipinski definition) is 1. The zero-order chi connectivity index (χ0) is 21.3. The van der Waals surface area contributed by atoms with Crippen LogP contribution in [0.4, 0.5) is 11.5 Å². The van der Waals surface area contributed by atoms with Crippen LogP contribution in [0, 0.1) is 19.8 Å². The second-order valence-corrected chi connectivity index (χ2v) is 8.83. The van der Waals surface area contributed by atoms with Gasteiger partial charge in [-0.15, -0.1) is 0 Å². The number of carbonyl (C=O) groups is 1. The lowest BCUT2D eigenvalue weighted by atomic mass is 9.98. The molecule has 5 nitrogen and oxygen atoms in total. The van der Waals surface area contributed by atoms with E-state index in [2.05, 4.69) is 62.2 Å². The molecule has 1 amide bonds. The first-order valence-corrected chi connectivity index (χ1v) is 11.3. The predicted octanol–water partition coefficient (Wildman–Crippen LogP) is 4.32.